The zero-order valence-corrected chi connectivity index (χ0v) is 15.7. The number of hydrogen-bond donors (Lipinski definition) is 3. The fraction of sp³-hybridized carbons (Fsp3) is 1.00. The van der Waals surface area contributed by atoms with Gasteiger partial charge in [-0.25, -0.2) is 0 Å². The van der Waals surface area contributed by atoms with E-state index >= 15 is 0 Å². The summed E-state index contributed by atoms with van der Waals surface area (Å²) in [6, 6.07) is 0. The molecule has 5 aliphatic rings. The van der Waals surface area contributed by atoms with Gasteiger partial charge in [0.1, 0.15) is 11.7 Å². The summed E-state index contributed by atoms with van der Waals surface area (Å²) in [4.78, 5) is 0. The van der Waals surface area contributed by atoms with Crippen LogP contribution in [0, 0.1) is 28.6 Å². The average molecular weight is 350 g/mol. The molecule has 0 bridgehead atoms. The molecule has 1 aliphatic heterocycles. The second kappa shape index (κ2) is 5.01. The van der Waals surface area contributed by atoms with Crippen LogP contribution in [0.1, 0.15) is 71.6 Å². The number of aliphatic hydroxyl groups is 3. The van der Waals surface area contributed by atoms with Crippen LogP contribution in [0.25, 0.3) is 0 Å². The molecule has 1 saturated heterocycles. The summed E-state index contributed by atoms with van der Waals surface area (Å²) < 4.78 is 6.10. The Balaban J connectivity index is 1.46. The van der Waals surface area contributed by atoms with Gasteiger partial charge in [-0.2, -0.15) is 0 Å². The van der Waals surface area contributed by atoms with E-state index in [-0.39, 0.29) is 35.2 Å². The molecule has 0 radical (unpaired) electrons. The molecule has 4 saturated carbocycles. The van der Waals surface area contributed by atoms with Gasteiger partial charge in [-0.3, -0.25) is 0 Å². The highest BCUT2D eigenvalue weighted by Crippen LogP contribution is 2.73. The molecular formula is C21H34O4. The topological polar surface area (TPSA) is 73.2 Å². The van der Waals surface area contributed by atoms with Gasteiger partial charge in [0.15, 0.2) is 0 Å². The maximum Gasteiger partial charge on any atom is 0.111 e. The molecule has 0 unspecified atom stereocenters. The van der Waals surface area contributed by atoms with Gasteiger partial charge in [-0.15, -0.1) is 0 Å². The van der Waals surface area contributed by atoms with Crippen molar-refractivity contribution in [2.45, 2.75) is 95.0 Å². The Morgan fingerprint density at radius 2 is 1.60 bits per heavy atom. The predicted molar refractivity (Wildman–Crippen MR) is 93.9 cm³/mol. The van der Waals surface area contributed by atoms with Gasteiger partial charge < -0.3 is 20.1 Å². The number of ether oxygens (including phenoxy) is 1. The van der Waals surface area contributed by atoms with E-state index in [2.05, 4.69) is 13.8 Å². The monoisotopic (exact) mass is 350 g/mol. The molecule has 4 heteroatoms. The van der Waals surface area contributed by atoms with E-state index in [1.807, 2.05) is 0 Å². The summed E-state index contributed by atoms with van der Waals surface area (Å²) in [5.41, 5.74) is -0.594. The van der Waals surface area contributed by atoms with Gasteiger partial charge in [0.25, 0.3) is 0 Å². The quantitative estimate of drug-likeness (QED) is 0.636. The van der Waals surface area contributed by atoms with Gasteiger partial charge in [-0.05, 0) is 74.5 Å². The first kappa shape index (κ1) is 17.0. The van der Waals surface area contributed by atoms with Crippen molar-refractivity contribution < 1.29 is 20.1 Å². The van der Waals surface area contributed by atoms with Gasteiger partial charge >= 0.3 is 0 Å². The SMILES string of the molecule is C[C@]12CC[C@@H]3[C@H](CC[C@@]4(O)C[C@H](O)CC[C@]34C)[C@H]1CC[C@]21O[C@H]1CO. The van der Waals surface area contributed by atoms with Crippen LogP contribution in [0.5, 0.6) is 0 Å². The predicted octanol–water partition coefficient (Wildman–Crippen LogP) is 2.63. The molecule has 1 spiro atoms. The Labute approximate surface area is 151 Å². The van der Waals surface area contributed by atoms with Crippen LogP contribution in [0.2, 0.25) is 0 Å². The van der Waals surface area contributed by atoms with Crippen molar-refractivity contribution in [2.24, 2.45) is 28.6 Å². The van der Waals surface area contributed by atoms with E-state index in [9.17, 15) is 15.3 Å². The van der Waals surface area contributed by atoms with Crippen LogP contribution in [0.15, 0.2) is 0 Å². The third-order valence-electron chi connectivity index (χ3n) is 9.94. The summed E-state index contributed by atoms with van der Waals surface area (Å²) >= 11 is 0. The number of aliphatic hydroxyl groups excluding tert-OH is 2. The van der Waals surface area contributed by atoms with Crippen molar-refractivity contribution in [3.63, 3.8) is 0 Å². The molecule has 4 nitrogen and oxygen atoms in total. The molecule has 3 N–H and O–H groups in total. The van der Waals surface area contributed by atoms with Crippen LogP contribution in [0.3, 0.4) is 0 Å². The highest BCUT2D eigenvalue weighted by molar-refractivity contribution is 5.23. The van der Waals surface area contributed by atoms with Crippen molar-refractivity contribution in [2.75, 3.05) is 6.61 Å². The molecule has 1 heterocycles. The summed E-state index contributed by atoms with van der Waals surface area (Å²) in [7, 11) is 0. The van der Waals surface area contributed by atoms with Crippen LogP contribution >= 0.6 is 0 Å². The average Bonchev–Trinajstić information content (AvgIpc) is 3.22. The van der Waals surface area contributed by atoms with Gasteiger partial charge in [0.2, 0.25) is 0 Å². The Hall–Kier alpha value is -0.160. The molecule has 142 valence electrons. The Morgan fingerprint density at radius 3 is 2.32 bits per heavy atom. The van der Waals surface area contributed by atoms with Gasteiger partial charge in [0.05, 0.1) is 18.3 Å². The molecular weight excluding hydrogens is 316 g/mol. The first-order chi connectivity index (χ1) is 11.8. The molecule has 9 atom stereocenters. The molecule has 5 rings (SSSR count). The van der Waals surface area contributed by atoms with Crippen molar-refractivity contribution in [1.29, 1.82) is 0 Å². The Bertz CT molecular complexity index is 580. The van der Waals surface area contributed by atoms with Crippen molar-refractivity contribution >= 4 is 0 Å². The molecule has 0 amide bonds. The lowest BCUT2D eigenvalue weighted by molar-refractivity contribution is -0.220. The largest absolute Gasteiger partial charge is 0.394 e. The number of fused-ring (bicyclic) bond motifs is 6. The highest BCUT2D eigenvalue weighted by atomic mass is 16.6. The third-order valence-corrected chi connectivity index (χ3v) is 9.94. The fourth-order valence-corrected chi connectivity index (χ4v) is 8.39. The van der Waals surface area contributed by atoms with Crippen LogP contribution in [-0.4, -0.2) is 45.3 Å². The fourth-order valence-electron chi connectivity index (χ4n) is 8.39. The molecule has 5 fully saturated rings. The zero-order chi connectivity index (χ0) is 17.7. The van der Waals surface area contributed by atoms with Crippen molar-refractivity contribution in [3.05, 3.63) is 0 Å². The minimum atomic E-state index is -0.681. The lowest BCUT2D eigenvalue weighted by Crippen LogP contribution is -2.63. The van der Waals surface area contributed by atoms with E-state index in [0.29, 0.717) is 24.2 Å². The van der Waals surface area contributed by atoms with E-state index in [1.165, 1.54) is 6.42 Å². The standard InChI is InChI=1S/C21H34O4/c1-18-7-3-13(23)11-20(18,24)9-4-14-15(18)5-8-19(2)16(14)6-10-21(19)17(12-22)25-21/h13-17,22-24H,3-12H2,1-2H3/t13-,14+,15-,16-,17+,18-,19+,20-,21-/m1/s1. The summed E-state index contributed by atoms with van der Waals surface area (Å²) in [5, 5.41) is 31.2. The lowest BCUT2D eigenvalue weighted by Gasteiger charge is -2.63. The molecule has 0 aromatic heterocycles. The Kier molecular flexibility index (Phi) is 3.40. The van der Waals surface area contributed by atoms with Crippen molar-refractivity contribution in [3.8, 4) is 0 Å². The molecule has 0 aromatic rings. The molecule has 0 aromatic carbocycles. The number of rotatable bonds is 1. The van der Waals surface area contributed by atoms with E-state index in [0.717, 1.165) is 44.9 Å². The number of hydrogen-bond acceptors (Lipinski definition) is 4. The third kappa shape index (κ3) is 1.88. The first-order valence-electron chi connectivity index (χ1n) is 10.5. The van der Waals surface area contributed by atoms with E-state index in [4.69, 9.17) is 4.74 Å². The summed E-state index contributed by atoms with van der Waals surface area (Å²) in [5.74, 6) is 1.90. The minimum absolute atomic E-state index is 0.0486. The van der Waals surface area contributed by atoms with Crippen LogP contribution in [-0.2, 0) is 4.74 Å². The zero-order valence-electron chi connectivity index (χ0n) is 15.7. The maximum absolute atomic E-state index is 11.4. The summed E-state index contributed by atoms with van der Waals surface area (Å²) in [6.07, 6.45) is 8.64. The van der Waals surface area contributed by atoms with E-state index in [1.54, 1.807) is 0 Å². The molecule has 4 aliphatic carbocycles. The second-order valence-electron chi connectivity index (χ2n) is 10.4. The molecule has 25 heavy (non-hydrogen) atoms. The van der Waals surface area contributed by atoms with Gasteiger partial charge in [0, 0.05) is 11.8 Å². The van der Waals surface area contributed by atoms with Crippen molar-refractivity contribution in [1.82, 2.24) is 0 Å². The summed E-state index contributed by atoms with van der Waals surface area (Å²) in [6.45, 7) is 4.89. The maximum atomic E-state index is 11.4. The Morgan fingerprint density at radius 1 is 0.920 bits per heavy atom. The smallest absolute Gasteiger partial charge is 0.111 e. The van der Waals surface area contributed by atoms with Crippen LogP contribution in [0.4, 0.5) is 0 Å². The van der Waals surface area contributed by atoms with Gasteiger partial charge in [-0.1, -0.05) is 13.8 Å². The second-order valence-corrected chi connectivity index (χ2v) is 10.4. The highest BCUT2D eigenvalue weighted by Gasteiger charge is 2.75. The minimum Gasteiger partial charge on any atom is -0.394 e. The normalized spacial score (nSPS) is 63.0. The van der Waals surface area contributed by atoms with Crippen LogP contribution < -0.4 is 0 Å². The van der Waals surface area contributed by atoms with E-state index < -0.39 is 5.60 Å². The lowest BCUT2D eigenvalue weighted by atomic mass is 9.43. The first-order valence-corrected chi connectivity index (χ1v) is 10.5. The number of epoxide rings is 1.